The second kappa shape index (κ2) is 3.44. The Morgan fingerprint density at radius 3 is 2.58 bits per heavy atom. The molecule has 70 valence electrons. The number of methoxy groups -OCH3 is 1. The number of hydrogen-bond donors (Lipinski definition) is 1. The van der Waals surface area contributed by atoms with Gasteiger partial charge in [0.2, 0.25) is 0 Å². The van der Waals surface area contributed by atoms with Crippen molar-refractivity contribution in [2.24, 2.45) is 0 Å². The van der Waals surface area contributed by atoms with Crippen LogP contribution in [0.25, 0.3) is 0 Å². The third kappa shape index (κ3) is 1.78. The molecule has 3 heteroatoms. The molecule has 1 aliphatic rings. The maximum absolute atomic E-state index is 11.5. The minimum atomic E-state index is -0.469. The van der Waals surface area contributed by atoms with E-state index in [0.717, 1.165) is 19.3 Å². The van der Waals surface area contributed by atoms with E-state index >= 15 is 0 Å². The van der Waals surface area contributed by atoms with Gasteiger partial charge >= 0.3 is 0 Å². The maximum atomic E-state index is 11.5. The van der Waals surface area contributed by atoms with E-state index < -0.39 is 5.60 Å². The van der Waals surface area contributed by atoms with Crippen molar-refractivity contribution in [2.45, 2.75) is 44.8 Å². The van der Waals surface area contributed by atoms with Gasteiger partial charge in [0, 0.05) is 13.2 Å². The van der Waals surface area contributed by atoms with Crippen molar-refractivity contribution in [1.82, 2.24) is 5.32 Å². The molecule has 0 radical (unpaired) electrons. The van der Waals surface area contributed by atoms with E-state index in [1.807, 2.05) is 6.92 Å². The van der Waals surface area contributed by atoms with E-state index in [0.29, 0.717) is 0 Å². The average molecular weight is 171 g/mol. The molecule has 1 fully saturated rings. The van der Waals surface area contributed by atoms with Crippen molar-refractivity contribution in [3.05, 3.63) is 0 Å². The van der Waals surface area contributed by atoms with Gasteiger partial charge in [0.25, 0.3) is 5.91 Å². The van der Waals surface area contributed by atoms with Gasteiger partial charge in [0.15, 0.2) is 0 Å². The normalized spacial score (nSPS) is 21.6. The molecule has 1 amide bonds. The van der Waals surface area contributed by atoms with Crippen molar-refractivity contribution < 1.29 is 9.53 Å². The lowest BCUT2D eigenvalue weighted by Crippen LogP contribution is -2.42. The molecule has 0 aromatic heterocycles. The number of rotatable bonds is 4. The second-order valence-corrected chi connectivity index (χ2v) is 3.48. The van der Waals surface area contributed by atoms with E-state index in [9.17, 15) is 4.79 Å². The van der Waals surface area contributed by atoms with Crippen molar-refractivity contribution in [3.63, 3.8) is 0 Å². The number of amides is 1. The molecule has 0 spiro atoms. The number of ether oxygens (including phenoxy) is 1. The Labute approximate surface area is 73.5 Å². The zero-order valence-electron chi connectivity index (χ0n) is 8.02. The molecule has 1 rings (SSSR count). The van der Waals surface area contributed by atoms with Crippen LogP contribution in [-0.2, 0) is 9.53 Å². The highest BCUT2D eigenvalue weighted by molar-refractivity contribution is 5.88. The van der Waals surface area contributed by atoms with Gasteiger partial charge in [-0.2, -0.15) is 0 Å². The summed E-state index contributed by atoms with van der Waals surface area (Å²) >= 11 is 0. The average Bonchev–Trinajstić information content (AvgIpc) is 2.84. The van der Waals surface area contributed by atoms with Crippen molar-refractivity contribution >= 4 is 5.91 Å². The topological polar surface area (TPSA) is 38.3 Å². The predicted molar refractivity (Wildman–Crippen MR) is 46.9 cm³/mol. The number of carbonyl (C=O) groups is 1. The fourth-order valence-corrected chi connectivity index (χ4v) is 1.09. The third-order valence-corrected chi connectivity index (χ3v) is 2.50. The summed E-state index contributed by atoms with van der Waals surface area (Å²) in [6.45, 7) is 4.06. The van der Waals surface area contributed by atoms with Gasteiger partial charge in [-0.15, -0.1) is 0 Å². The Morgan fingerprint density at radius 1 is 1.67 bits per heavy atom. The summed E-state index contributed by atoms with van der Waals surface area (Å²) in [7, 11) is 1.60. The molecule has 1 N–H and O–H groups in total. The fraction of sp³-hybridized carbons (Fsp3) is 0.889. The molecule has 0 heterocycles. The highest BCUT2D eigenvalue weighted by atomic mass is 16.5. The summed E-state index contributed by atoms with van der Waals surface area (Å²) in [4.78, 5) is 11.5. The number of hydrogen-bond acceptors (Lipinski definition) is 2. The Kier molecular flexibility index (Phi) is 2.73. The summed E-state index contributed by atoms with van der Waals surface area (Å²) in [6, 6.07) is 0.255. The smallest absolute Gasteiger partial charge is 0.252 e. The molecule has 12 heavy (non-hydrogen) atoms. The molecule has 0 aromatic rings. The molecule has 1 saturated carbocycles. The minimum absolute atomic E-state index is 0.0550. The molecule has 0 aliphatic heterocycles. The first-order valence-corrected chi connectivity index (χ1v) is 4.50. The molecule has 3 nitrogen and oxygen atoms in total. The highest BCUT2D eigenvalue weighted by Crippen LogP contribution is 2.39. The van der Waals surface area contributed by atoms with Gasteiger partial charge in [-0.3, -0.25) is 4.79 Å². The van der Waals surface area contributed by atoms with Crippen LogP contribution in [0, 0.1) is 0 Å². The van der Waals surface area contributed by atoms with Crippen LogP contribution in [0.1, 0.15) is 33.1 Å². The molecular weight excluding hydrogens is 154 g/mol. The van der Waals surface area contributed by atoms with Crippen LogP contribution in [0.15, 0.2) is 0 Å². The molecular formula is C9H17NO2. The summed E-state index contributed by atoms with van der Waals surface area (Å²) in [5.74, 6) is 0.0550. The molecule has 1 aliphatic carbocycles. The Balaban J connectivity index is 2.38. The van der Waals surface area contributed by atoms with Crippen LogP contribution in [0.3, 0.4) is 0 Å². The summed E-state index contributed by atoms with van der Waals surface area (Å²) in [6.07, 6.45) is 2.70. The van der Waals surface area contributed by atoms with E-state index in [4.69, 9.17) is 4.74 Å². The first kappa shape index (κ1) is 9.52. The van der Waals surface area contributed by atoms with Crippen LogP contribution in [0.5, 0.6) is 0 Å². The van der Waals surface area contributed by atoms with Crippen molar-refractivity contribution in [2.75, 3.05) is 7.11 Å². The Bertz CT molecular complexity index is 175. The zero-order valence-corrected chi connectivity index (χ0v) is 8.02. The second-order valence-electron chi connectivity index (χ2n) is 3.48. The van der Waals surface area contributed by atoms with Gasteiger partial charge in [-0.25, -0.2) is 0 Å². The SMILES string of the molecule is CC[C@@H](C)NC(=O)C1(OC)CC1. The number of nitrogens with one attached hydrogen (secondary N) is 1. The first-order valence-electron chi connectivity index (χ1n) is 4.50. The lowest BCUT2D eigenvalue weighted by atomic mass is 10.2. The minimum Gasteiger partial charge on any atom is -0.368 e. The monoisotopic (exact) mass is 171 g/mol. The largest absolute Gasteiger partial charge is 0.368 e. The van der Waals surface area contributed by atoms with Crippen LogP contribution in [-0.4, -0.2) is 24.7 Å². The van der Waals surface area contributed by atoms with Crippen LogP contribution < -0.4 is 5.32 Å². The van der Waals surface area contributed by atoms with E-state index in [-0.39, 0.29) is 11.9 Å². The van der Waals surface area contributed by atoms with E-state index in [1.165, 1.54) is 0 Å². The predicted octanol–water partition coefficient (Wildman–Crippen LogP) is 1.08. The van der Waals surface area contributed by atoms with Gasteiger partial charge in [-0.1, -0.05) is 6.92 Å². The highest BCUT2D eigenvalue weighted by Gasteiger charge is 2.50. The maximum Gasteiger partial charge on any atom is 0.252 e. The molecule has 0 saturated heterocycles. The summed E-state index contributed by atoms with van der Waals surface area (Å²) in [5.41, 5.74) is -0.469. The van der Waals surface area contributed by atoms with Crippen LogP contribution in [0.4, 0.5) is 0 Å². The lowest BCUT2D eigenvalue weighted by molar-refractivity contribution is -0.134. The summed E-state index contributed by atoms with van der Waals surface area (Å²) in [5, 5.41) is 2.92. The van der Waals surface area contributed by atoms with Crippen LogP contribution in [0.2, 0.25) is 0 Å². The fourth-order valence-electron chi connectivity index (χ4n) is 1.09. The van der Waals surface area contributed by atoms with Gasteiger partial charge in [0.05, 0.1) is 0 Å². The molecule has 1 atom stereocenters. The van der Waals surface area contributed by atoms with E-state index in [1.54, 1.807) is 7.11 Å². The van der Waals surface area contributed by atoms with E-state index in [2.05, 4.69) is 12.2 Å². The Hall–Kier alpha value is -0.570. The molecule has 0 aromatic carbocycles. The van der Waals surface area contributed by atoms with Gasteiger partial charge in [0.1, 0.15) is 5.60 Å². The lowest BCUT2D eigenvalue weighted by Gasteiger charge is -2.17. The van der Waals surface area contributed by atoms with Crippen molar-refractivity contribution in [3.8, 4) is 0 Å². The van der Waals surface area contributed by atoms with Crippen molar-refractivity contribution in [1.29, 1.82) is 0 Å². The third-order valence-electron chi connectivity index (χ3n) is 2.50. The van der Waals surface area contributed by atoms with Gasteiger partial charge in [-0.05, 0) is 26.2 Å². The quantitative estimate of drug-likeness (QED) is 0.687. The molecule has 0 bridgehead atoms. The Morgan fingerprint density at radius 2 is 2.25 bits per heavy atom. The number of carbonyl (C=O) groups excluding carboxylic acids is 1. The summed E-state index contributed by atoms with van der Waals surface area (Å²) < 4.78 is 5.14. The standard InChI is InChI=1S/C9H17NO2/c1-4-7(2)10-8(11)9(12-3)5-6-9/h7H,4-6H2,1-3H3,(H,10,11)/t7-/m1/s1. The first-order chi connectivity index (χ1) is 5.64. The molecule has 0 unspecified atom stereocenters. The van der Waals surface area contributed by atoms with Gasteiger partial charge < -0.3 is 10.1 Å². The van der Waals surface area contributed by atoms with Crippen LogP contribution >= 0.6 is 0 Å². The zero-order chi connectivity index (χ0) is 9.19.